The summed E-state index contributed by atoms with van der Waals surface area (Å²) >= 11 is 0. The SMILES string of the molecule is N[C@H]1C2CCN(CC2)C1(CC(=O)O)CC(=O)O. The molecule has 6 nitrogen and oxygen atoms in total. The summed E-state index contributed by atoms with van der Waals surface area (Å²) in [6.45, 7) is 1.53. The van der Waals surface area contributed by atoms with Crippen LogP contribution in [0, 0.1) is 5.92 Å². The average molecular weight is 242 g/mol. The second kappa shape index (κ2) is 4.27. The maximum absolute atomic E-state index is 11.0. The second-order valence-electron chi connectivity index (χ2n) is 5.09. The second-order valence-corrected chi connectivity index (χ2v) is 5.09. The molecule has 0 radical (unpaired) electrons. The number of hydrogen-bond acceptors (Lipinski definition) is 4. The van der Waals surface area contributed by atoms with Crippen LogP contribution >= 0.6 is 0 Å². The molecule has 0 aromatic heterocycles. The first-order valence-corrected chi connectivity index (χ1v) is 5.90. The first-order chi connectivity index (χ1) is 7.95. The third-order valence-electron chi connectivity index (χ3n) is 4.21. The number of rotatable bonds is 4. The van der Waals surface area contributed by atoms with Crippen molar-refractivity contribution in [1.29, 1.82) is 0 Å². The lowest BCUT2D eigenvalue weighted by molar-refractivity contribution is -0.152. The van der Waals surface area contributed by atoms with Crippen molar-refractivity contribution >= 4 is 11.9 Å². The smallest absolute Gasteiger partial charge is 0.305 e. The Bertz CT molecular complexity index is 316. The number of carbonyl (C=O) groups is 2. The Labute approximate surface area is 99.4 Å². The number of piperidine rings is 3. The van der Waals surface area contributed by atoms with Crippen LogP contribution < -0.4 is 5.73 Å². The Morgan fingerprint density at radius 3 is 2.00 bits per heavy atom. The Balaban J connectivity index is 2.30. The minimum Gasteiger partial charge on any atom is -0.481 e. The minimum atomic E-state index is -0.978. The summed E-state index contributed by atoms with van der Waals surface area (Å²) < 4.78 is 0. The van der Waals surface area contributed by atoms with Crippen LogP contribution in [0.15, 0.2) is 0 Å². The van der Waals surface area contributed by atoms with E-state index in [4.69, 9.17) is 15.9 Å². The van der Waals surface area contributed by atoms with Gasteiger partial charge in [-0.05, 0) is 31.8 Å². The number of fused-ring (bicyclic) bond motifs is 3. The molecule has 3 rings (SSSR count). The van der Waals surface area contributed by atoms with Crippen molar-refractivity contribution in [3.63, 3.8) is 0 Å². The van der Waals surface area contributed by atoms with Gasteiger partial charge in [-0.2, -0.15) is 0 Å². The van der Waals surface area contributed by atoms with Crippen molar-refractivity contribution in [2.75, 3.05) is 13.1 Å². The zero-order chi connectivity index (χ0) is 12.6. The van der Waals surface area contributed by atoms with Gasteiger partial charge in [-0.3, -0.25) is 14.5 Å². The van der Waals surface area contributed by atoms with Gasteiger partial charge in [0.15, 0.2) is 0 Å². The number of carboxylic acids is 2. The van der Waals surface area contributed by atoms with Gasteiger partial charge in [0.2, 0.25) is 0 Å². The summed E-state index contributed by atoms with van der Waals surface area (Å²) in [7, 11) is 0. The molecule has 3 heterocycles. The third kappa shape index (κ3) is 2.02. The van der Waals surface area contributed by atoms with E-state index >= 15 is 0 Å². The minimum absolute atomic E-state index is 0.184. The monoisotopic (exact) mass is 242 g/mol. The molecule has 0 aliphatic carbocycles. The van der Waals surface area contributed by atoms with Crippen molar-refractivity contribution in [2.45, 2.75) is 37.3 Å². The molecule has 3 fully saturated rings. The molecule has 17 heavy (non-hydrogen) atoms. The van der Waals surface area contributed by atoms with Crippen LogP contribution in [0.4, 0.5) is 0 Å². The Morgan fingerprint density at radius 2 is 1.65 bits per heavy atom. The Kier molecular flexibility index (Phi) is 3.09. The number of aliphatic carboxylic acids is 2. The van der Waals surface area contributed by atoms with Gasteiger partial charge >= 0.3 is 11.9 Å². The normalized spacial score (nSPS) is 34.5. The van der Waals surface area contributed by atoms with Crippen LogP contribution in [-0.4, -0.2) is 51.7 Å². The van der Waals surface area contributed by atoms with Crippen molar-refractivity contribution in [3.8, 4) is 0 Å². The molecule has 6 heteroatoms. The lowest BCUT2D eigenvalue weighted by atomic mass is 9.67. The summed E-state index contributed by atoms with van der Waals surface area (Å²) in [4.78, 5) is 24.0. The number of hydrogen-bond donors (Lipinski definition) is 3. The zero-order valence-electron chi connectivity index (χ0n) is 9.63. The predicted octanol–water partition coefficient (Wildman–Crippen LogP) is -0.272. The molecular formula is C11H18N2O4. The summed E-state index contributed by atoms with van der Waals surface area (Å²) in [5.41, 5.74) is 5.24. The van der Waals surface area contributed by atoms with Gasteiger partial charge in [-0.1, -0.05) is 0 Å². The molecule has 3 aliphatic rings. The summed E-state index contributed by atoms with van der Waals surface area (Å²) in [6, 6.07) is -0.350. The van der Waals surface area contributed by atoms with Crippen LogP contribution in [-0.2, 0) is 9.59 Å². The van der Waals surface area contributed by atoms with E-state index in [0.29, 0.717) is 0 Å². The maximum atomic E-state index is 11.0. The highest BCUT2D eigenvalue weighted by molar-refractivity contribution is 5.73. The van der Waals surface area contributed by atoms with Crippen LogP contribution in [0.3, 0.4) is 0 Å². The molecule has 0 unspecified atom stereocenters. The van der Waals surface area contributed by atoms with Gasteiger partial charge in [0.1, 0.15) is 0 Å². The van der Waals surface area contributed by atoms with E-state index in [1.807, 2.05) is 4.90 Å². The molecule has 0 aromatic rings. The molecule has 0 amide bonds. The fourth-order valence-electron chi connectivity index (χ4n) is 3.40. The van der Waals surface area contributed by atoms with E-state index in [9.17, 15) is 9.59 Å². The number of carboxylic acid groups (broad SMARTS) is 2. The van der Waals surface area contributed by atoms with Crippen molar-refractivity contribution < 1.29 is 19.8 Å². The first kappa shape index (κ1) is 12.3. The van der Waals surface area contributed by atoms with Crippen molar-refractivity contribution in [3.05, 3.63) is 0 Å². The van der Waals surface area contributed by atoms with Crippen molar-refractivity contribution in [1.82, 2.24) is 4.90 Å². The van der Waals surface area contributed by atoms with E-state index in [-0.39, 0.29) is 24.8 Å². The maximum Gasteiger partial charge on any atom is 0.305 e. The highest BCUT2D eigenvalue weighted by Crippen LogP contribution is 2.42. The van der Waals surface area contributed by atoms with Crippen LogP contribution in [0.5, 0.6) is 0 Å². The molecule has 0 spiro atoms. The largest absolute Gasteiger partial charge is 0.481 e. The predicted molar refractivity (Wildman–Crippen MR) is 59.5 cm³/mol. The standard InChI is InChI=1S/C11H18N2O4/c12-10-7-1-3-13(4-2-7)11(10,5-8(14)15)6-9(16)17/h7,10H,1-6,12H2,(H,14,15)(H,16,17)/t10-/m0/s1. The van der Waals surface area contributed by atoms with Crippen LogP contribution in [0.2, 0.25) is 0 Å². The first-order valence-electron chi connectivity index (χ1n) is 5.90. The van der Waals surface area contributed by atoms with Gasteiger partial charge in [0, 0.05) is 6.04 Å². The summed E-state index contributed by atoms with van der Waals surface area (Å²) in [6.07, 6.45) is 1.53. The molecule has 2 bridgehead atoms. The van der Waals surface area contributed by atoms with E-state index < -0.39 is 17.5 Å². The Hall–Kier alpha value is -1.14. The molecule has 1 atom stereocenters. The van der Waals surface area contributed by atoms with E-state index in [1.54, 1.807) is 0 Å². The highest BCUT2D eigenvalue weighted by atomic mass is 16.4. The van der Waals surface area contributed by atoms with E-state index in [2.05, 4.69) is 0 Å². The van der Waals surface area contributed by atoms with Gasteiger partial charge < -0.3 is 15.9 Å². The van der Waals surface area contributed by atoms with Crippen LogP contribution in [0.25, 0.3) is 0 Å². The average Bonchev–Trinajstić information content (AvgIpc) is 2.24. The topological polar surface area (TPSA) is 104 Å². The van der Waals surface area contributed by atoms with Crippen molar-refractivity contribution in [2.24, 2.45) is 11.7 Å². The van der Waals surface area contributed by atoms with Gasteiger partial charge in [0.05, 0.1) is 18.4 Å². The summed E-state index contributed by atoms with van der Waals surface area (Å²) in [5, 5.41) is 18.0. The fourth-order valence-corrected chi connectivity index (χ4v) is 3.40. The lowest BCUT2D eigenvalue weighted by Gasteiger charge is -2.57. The summed E-state index contributed by atoms with van der Waals surface area (Å²) in [5.74, 6) is -1.69. The molecule has 96 valence electrons. The lowest BCUT2D eigenvalue weighted by Crippen LogP contribution is -2.71. The molecule has 3 aliphatic heterocycles. The third-order valence-corrected chi connectivity index (χ3v) is 4.21. The van der Waals surface area contributed by atoms with E-state index in [0.717, 1.165) is 25.9 Å². The molecule has 0 saturated carbocycles. The molecular weight excluding hydrogens is 224 g/mol. The van der Waals surface area contributed by atoms with Crippen LogP contribution in [0.1, 0.15) is 25.7 Å². The highest BCUT2D eigenvalue weighted by Gasteiger charge is 2.53. The quantitative estimate of drug-likeness (QED) is 0.626. The Morgan fingerprint density at radius 1 is 1.18 bits per heavy atom. The fraction of sp³-hybridized carbons (Fsp3) is 0.818. The molecule has 4 N–H and O–H groups in total. The number of nitrogens with two attached hydrogens (primary N) is 1. The molecule has 0 aromatic carbocycles. The van der Waals surface area contributed by atoms with Gasteiger partial charge in [-0.25, -0.2) is 0 Å². The van der Waals surface area contributed by atoms with Gasteiger partial charge in [0.25, 0.3) is 0 Å². The number of nitrogens with zero attached hydrogens (tertiary/aromatic N) is 1. The zero-order valence-corrected chi connectivity index (χ0v) is 9.63. The molecule has 3 saturated heterocycles. The van der Waals surface area contributed by atoms with Gasteiger partial charge in [-0.15, -0.1) is 0 Å². The van der Waals surface area contributed by atoms with E-state index in [1.165, 1.54) is 0 Å².